The van der Waals surface area contributed by atoms with Crippen molar-refractivity contribution in [2.24, 2.45) is 4.99 Å². The van der Waals surface area contributed by atoms with Crippen LogP contribution in [0, 0.1) is 0 Å². The summed E-state index contributed by atoms with van der Waals surface area (Å²) in [5.74, 6) is -1.45. The Balaban J connectivity index is 1.77. The number of likely N-dealkylation sites (N-methyl/N-ethyl adjacent to an activating group) is 1. The van der Waals surface area contributed by atoms with Crippen LogP contribution in [-0.4, -0.2) is 53.8 Å². The Bertz CT molecular complexity index is 1100. The van der Waals surface area contributed by atoms with Gasteiger partial charge in [-0.3, -0.25) is 9.69 Å². The van der Waals surface area contributed by atoms with Crippen LogP contribution in [0.1, 0.15) is 15.9 Å². The molecule has 1 fully saturated rings. The van der Waals surface area contributed by atoms with Crippen LogP contribution in [0.15, 0.2) is 52.4 Å². The van der Waals surface area contributed by atoms with Crippen molar-refractivity contribution in [1.82, 2.24) is 4.90 Å². The number of hydrogen-bond acceptors (Lipinski definition) is 7. The average molecular weight is 461 g/mol. The molecule has 0 aliphatic carbocycles. The molecule has 1 aliphatic rings. The van der Waals surface area contributed by atoms with E-state index in [2.05, 4.69) is 9.73 Å². The SMILES string of the molecule is COC(=O)COc1ccc(/C=C2\SC(=Nc3ccc(C(=O)O)cc3)N(C)C2=O)cc1Cl. The molecule has 0 radical (unpaired) electrons. The molecular formula is C21H17ClN2O6S. The van der Waals surface area contributed by atoms with E-state index in [1.54, 1.807) is 43.5 Å². The van der Waals surface area contributed by atoms with Crippen LogP contribution in [0.3, 0.4) is 0 Å². The topological polar surface area (TPSA) is 106 Å². The van der Waals surface area contributed by atoms with Gasteiger partial charge in [0.2, 0.25) is 0 Å². The number of aromatic carboxylic acids is 1. The lowest BCUT2D eigenvalue weighted by Gasteiger charge is -2.07. The second kappa shape index (κ2) is 9.67. The van der Waals surface area contributed by atoms with E-state index in [-0.39, 0.29) is 23.1 Å². The molecule has 1 saturated heterocycles. The zero-order chi connectivity index (χ0) is 22.5. The molecule has 0 aromatic heterocycles. The van der Waals surface area contributed by atoms with Crippen LogP contribution >= 0.6 is 23.4 Å². The van der Waals surface area contributed by atoms with Crippen LogP contribution in [0.25, 0.3) is 6.08 Å². The maximum absolute atomic E-state index is 12.6. The van der Waals surface area contributed by atoms with Gasteiger partial charge in [-0.2, -0.15) is 0 Å². The van der Waals surface area contributed by atoms with Gasteiger partial charge in [0.25, 0.3) is 5.91 Å². The number of thioether (sulfide) groups is 1. The Morgan fingerprint density at radius 2 is 1.94 bits per heavy atom. The minimum absolute atomic E-state index is 0.156. The van der Waals surface area contributed by atoms with Crippen molar-refractivity contribution >= 4 is 58.1 Å². The zero-order valence-corrected chi connectivity index (χ0v) is 18.1. The number of carboxylic acid groups (broad SMARTS) is 1. The normalized spacial score (nSPS) is 16.1. The number of rotatable bonds is 6. The van der Waals surface area contributed by atoms with Crippen molar-refractivity contribution < 1.29 is 29.0 Å². The third kappa shape index (κ3) is 5.44. The molecule has 0 unspecified atom stereocenters. The minimum atomic E-state index is -1.02. The first-order valence-electron chi connectivity index (χ1n) is 8.87. The number of carbonyl (C=O) groups excluding carboxylic acids is 2. The number of hydrogen-bond donors (Lipinski definition) is 1. The largest absolute Gasteiger partial charge is 0.480 e. The Labute approximate surface area is 187 Å². The molecule has 0 spiro atoms. The summed E-state index contributed by atoms with van der Waals surface area (Å²) in [6, 6.07) is 11.0. The summed E-state index contributed by atoms with van der Waals surface area (Å²) in [5, 5.41) is 9.72. The maximum atomic E-state index is 12.6. The van der Waals surface area contributed by atoms with Crippen molar-refractivity contribution in [3.05, 3.63) is 63.5 Å². The molecule has 10 heteroatoms. The summed E-state index contributed by atoms with van der Waals surface area (Å²) < 4.78 is 9.81. The smallest absolute Gasteiger partial charge is 0.343 e. The number of carboxylic acids is 1. The standard InChI is InChI=1S/C21H17ClN2O6S/c1-24-19(26)17(31-21(24)23-14-6-4-13(5-7-14)20(27)28)10-12-3-8-16(15(22)9-12)30-11-18(25)29-2/h3-10H,11H2,1-2H3,(H,27,28)/b17-10-,23-21?. The van der Waals surface area contributed by atoms with Gasteiger partial charge in [0.1, 0.15) is 5.75 Å². The zero-order valence-electron chi connectivity index (χ0n) is 16.5. The van der Waals surface area contributed by atoms with E-state index in [9.17, 15) is 14.4 Å². The van der Waals surface area contributed by atoms with Crippen molar-refractivity contribution in [1.29, 1.82) is 0 Å². The number of methoxy groups -OCH3 is 1. The quantitative estimate of drug-likeness (QED) is 0.516. The lowest BCUT2D eigenvalue weighted by atomic mass is 10.2. The average Bonchev–Trinajstić information content (AvgIpc) is 3.01. The Kier molecular flexibility index (Phi) is 6.98. The van der Waals surface area contributed by atoms with Gasteiger partial charge in [-0.05, 0) is 59.8 Å². The van der Waals surface area contributed by atoms with Gasteiger partial charge >= 0.3 is 11.9 Å². The van der Waals surface area contributed by atoms with Gasteiger partial charge in [-0.15, -0.1) is 0 Å². The van der Waals surface area contributed by atoms with E-state index in [4.69, 9.17) is 21.4 Å². The van der Waals surface area contributed by atoms with Crippen molar-refractivity contribution in [2.75, 3.05) is 20.8 Å². The van der Waals surface area contributed by atoms with Gasteiger partial charge in [0.05, 0.1) is 28.3 Å². The van der Waals surface area contributed by atoms with Gasteiger partial charge in [-0.25, -0.2) is 14.6 Å². The van der Waals surface area contributed by atoms with E-state index in [0.29, 0.717) is 27.1 Å². The van der Waals surface area contributed by atoms with Crippen molar-refractivity contribution in [3.8, 4) is 5.75 Å². The highest BCUT2D eigenvalue weighted by Gasteiger charge is 2.30. The molecule has 8 nitrogen and oxygen atoms in total. The number of ether oxygens (including phenoxy) is 2. The fourth-order valence-corrected chi connectivity index (χ4v) is 3.74. The van der Waals surface area contributed by atoms with Gasteiger partial charge in [0, 0.05) is 7.05 Å². The number of amidine groups is 1. The van der Waals surface area contributed by atoms with Crippen LogP contribution in [0.2, 0.25) is 5.02 Å². The predicted octanol–water partition coefficient (Wildman–Crippen LogP) is 3.82. The van der Waals surface area contributed by atoms with Crippen LogP contribution in [0.5, 0.6) is 5.75 Å². The number of nitrogens with zero attached hydrogens (tertiary/aromatic N) is 2. The lowest BCUT2D eigenvalue weighted by Crippen LogP contribution is -2.23. The third-order valence-corrected chi connectivity index (χ3v) is 5.52. The maximum Gasteiger partial charge on any atom is 0.343 e. The highest BCUT2D eigenvalue weighted by atomic mass is 35.5. The van der Waals surface area contributed by atoms with Crippen LogP contribution in [-0.2, 0) is 14.3 Å². The Morgan fingerprint density at radius 1 is 1.23 bits per heavy atom. The molecule has 1 aliphatic heterocycles. The molecule has 1 amide bonds. The molecule has 2 aromatic carbocycles. The molecule has 160 valence electrons. The van der Waals surface area contributed by atoms with Crippen LogP contribution in [0.4, 0.5) is 5.69 Å². The first-order valence-corrected chi connectivity index (χ1v) is 10.1. The van der Waals surface area contributed by atoms with E-state index in [1.165, 1.54) is 35.9 Å². The summed E-state index contributed by atoms with van der Waals surface area (Å²) in [7, 11) is 2.87. The molecule has 1 heterocycles. The van der Waals surface area contributed by atoms with Gasteiger partial charge in [-0.1, -0.05) is 17.7 Å². The summed E-state index contributed by atoms with van der Waals surface area (Å²) >= 11 is 7.39. The third-order valence-electron chi connectivity index (χ3n) is 4.17. The fourth-order valence-electron chi connectivity index (χ4n) is 2.51. The van der Waals surface area contributed by atoms with Crippen LogP contribution < -0.4 is 4.74 Å². The number of benzene rings is 2. The molecular weight excluding hydrogens is 444 g/mol. The summed E-state index contributed by atoms with van der Waals surface area (Å²) in [4.78, 5) is 41.0. The Morgan fingerprint density at radius 3 is 2.55 bits per heavy atom. The first-order chi connectivity index (χ1) is 14.8. The van der Waals surface area contributed by atoms with Crippen molar-refractivity contribution in [3.63, 3.8) is 0 Å². The highest BCUT2D eigenvalue weighted by Crippen LogP contribution is 2.34. The Hall–Kier alpha value is -3.30. The highest BCUT2D eigenvalue weighted by molar-refractivity contribution is 8.18. The molecule has 0 saturated carbocycles. The van der Waals surface area contributed by atoms with E-state index < -0.39 is 11.9 Å². The number of carbonyl (C=O) groups is 3. The molecule has 31 heavy (non-hydrogen) atoms. The second-order valence-electron chi connectivity index (χ2n) is 6.28. The second-order valence-corrected chi connectivity index (χ2v) is 7.69. The first kappa shape index (κ1) is 22.4. The van der Waals surface area contributed by atoms with Gasteiger partial charge in [0.15, 0.2) is 11.8 Å². The van der Waals surface area contributed by atoms with E-state index >= 15 is 0 Å². The predicted molar refractivity (Wildman–Crippen MR) is 118 cm³/mol. The molecule has 0 bridgehead atoms. The minimum Gasteiger partial charge on any atom is -0.480 e. The molecule has 1 N–H and O–H groups in total. The van der Waals surface area contributed by atoms with Gasteiger partial charge < -0.3 is 14.6 Å². The number of amides is 1. The lowest BCUT2D eigenvalue weighted by molar-refractivity contribution is -0.142. The summed E-state index contributed by atoms with van der Waals surface area (Å²) in [6.07, 6.45) is 1.68. The summed E-state index contributed by atoms with van der Waals surface area (Å²) in [5.41, 5.74) is 1.36. The van der Waals surface area contributed by atoms with E-state index in [1.807, 2.05) is 0 Å². The number of aliphatic imine (C=N–C) groups is 1. The molecule has 3 rings (SSSR count). The summed E-state index contributed by atoms with van der Waals surface area (Å²) in [6.45, 7) is -0.261. The number of esters is 1. The molecule has 2 aromatic rings. The molecule has 0 atom stereocenters. The van der Waals surface area contributed by atoms with E-state index in [0.717, 1.165) is 0 Å². The van der Waals surface area contributed by atoms with Crippen molar-refractivity contribution in [2.45, 2.75) is 0 Å². The fraction of sp³-hybridized carbons (Fsp3) is 0.143. The number of halogens is 1. The monoisotopic (exact) mass is 460 g/mol.